The van der Waals surface area contributed by atoms with Crippen molar-refractivity contribution in [3.8, 4) is 0 Å². The van der Waals surface area contributed by atoms with Crippen molar-refractivity contribution in [3.63, 3.8) is 0 Å². The predicted molar refractivity (Wildman–Crippen MR) is 87.0 cm³/mol. The fourth-order valence-corrected chi connectivity index (χ4v) is 3.10. The van der Waals surface area contributed by atoms with E-state index in [1.165, 1.54) is 0 Å². The number of hydrogen-bond acceptors (Lipinski definition) is 2. The van der Waals surface area contributed by atoms with Gasteiger partial charge in [0.1, 0.15) is 0 Å². The molecule has 0 saturated heterocycles. The molecule has 1 atom stereocenters. The molecule has 0 bridgehead atoms. The van der Waals surface area contributed by atoms with Gasteiger partial charge in [-0.05, 0) is 42.9 Å². The highest BCUT2D eigenvalue weighted by Crippen LogP contribution is 2.25. The van der Waals surface area contributed by atoms with Crippen LogP contribution in [0.15, 0.2) is 24.3 Å². The van der Waals surface area contributed by atoms with Crippen LogP contribution in [-0.4, -0.2) is 21.5 Å². The van der Waals surface area contributed by atoms with Gasteiger partial charge in [-0.15, -0.1) is 0 Å². The van der Waals surface area contributed by atoms with Crippen LogP contribution in [0.1, 0.15) is 23.9 Å². The number of nitrogens with zero attached hydrogens (tertiary/aromatic N) is 2. The number of rotatable bonds is 6. The quantitative estimate of drug-likeness (QED) is 0.879. The lowest BCUT2D eigenvalue weighted by atomic mass is 9.95. The summed E-state index contributed by atoms with van der Waals surface area (Å²) in [6.07, 6.45) is 2.27. The van der Waals surface area contributed by atoms with Crippen molar-refractivity contribution in [2.75, 3.05) is 6.61 Å². The van der Waals surface area contributed by atoms with E-state index in [-0.39, 0.29) is 12.5 Å². The fraction of sp³-hybridized carbons (Fsp3) is 0.438. The maximum Gasteiger partial charge on any atom is 0.0849 e. The van der Waals surface area contributed by atoms with E-state index in [1.807, 2.05) is 42.9 Å². The topological polar surface area (TPSA) is 38.0 Å². The summed E-state index contributed by atoms with van der Waals surface area (Å²) < 4.78 is 1.82. The molecule has 1 heterocycles. The van der Waals surface area contributed by atoms with Crippen LogP contribution in [0, 0.1) is 5.92 Å². The zero-order chi connectivity index (χ0) is 15.4. The highest BCUT2D eigenvalue weighted by Gasteiger charge is 2.18. The maximum atomic E-state index is 9.66. The lowest BCUT2D eigenvalue weighted by molar-refractivity contribution is 0.223. The number of benzene rings is 1. The van der Waals surface area contributed by atoms with Crippen molar-refractivity contribution in [1.82, 2.24) is 9.78 Å². The number of aromatic nitrogens is 2. The van der Waals surface area contributed by atoms with Crippen molar-refractivity contribution < 1.29 is 5.11 Å². The Balaban J connectivity index is 2.14. The number of aryl methyl sites for hydroxylation is 2. The molecule has 0 radical (unpaired) electrons. The van der Waals surface area contributed by atoms with Gasteiger partial charge in [-0.3, -0.25) is 4.68 Å². The van der Waals surface area contributed by atoms with E-state index in [0.29, 0.717) is 6.42 Å². The SMILES string of the molecule is CCc1nn(C)c(CC(CO)Cc2cccc(Cl)c2)c1Cl. The van der Waals surface area contributed by atoms with Gasteiger partial charge in [0.25, 0.3) is 0 Å². The molecule has 114 valence electrons. The summed E-state index contributed by atoms with van der Waals surface area (Å²) in [5.41, 5.74) is 3.01. The Kier molecular flexibility index (Phi) is 5.68. The largest absolute Gasteiger partial charge is 0.396 e. The molecule has 1 unspecified atom stereocenters. The van der Waals surface area contributed by atoms with Gasteiger partial charge < -0.3 is 5.11 Å². The Labute approximate surface area is 135 Å². The Hall–Kier alpha value is -1.03. The van der Waals surface area contributed by atoms with Crippen LogP contribution in [0.2, 0.25) is 10.0 Å². The van der Waals surface area contributed by atoms with E-state index in [4.69, 9.17) is 23.2 Å². The molecule has 0 fully saturated rings. The first kappa shape index (κ1) is 16.3. The highest BCUT2D eigenvalue weighted by atomic mass is 35.5. The Morgan fingerprint density at radius 2 is 2.05 bits per heavy atom. The second kappa shape index (κ2) is 7.30. The fourth-order valence-electron chi connectivity index (χ4n) is 2.51. The van der Waals surface area contributed by atoms with Gasteiger partial charge in [-0.1, -0.05) is 42.3 Å². The lowest BCUT2D eigenvalue weighted by Gasteiger charge is -2.15. The summed E-state index contributed by atoms with van der Waals surface area (Å²) in [6.45, 7) is 2.14. The van der Waals surface area contributed by atoms with Crippen molar-refractivity contribution in [2.45, 2.75) is 26.2 Å². The summed E-state index contributed by atoms with van der Waals surface area (Å²) >= 11 is 12.4. The molecule has 5 heteroatoms. The van der Waals surface area contributed by atoms with E-state index in [1.54, 1.807) is 0 Å². The second-order valence-electron chi connectivity index (χ2n) is 5.27. The number of aliphatic hydroxyl groups excluding tert-OH is 1. The third-order valence-corrected chi connectivity index (χ3v) is 4.33. The monoisotopic (exact) mass is 326 g/mol. The van der Waals surface area contributed by atoms with E-state index in [0.717, 1.165) is 39.8 Å². The Morgan fingerprint density at radius 1 is 1.29 bits per heavy atom. The first-order chi connectivity index (χ1) is 10.0. The summed E-state index contributed by atoms with van der Waals surface area (Å²) in [7, 11) is 1.90. The average Bonchev–Trinajstić information content (AvgIpc) is 2.73. The first-order valence-electron chi connectivity index (χ1n) is 7.10. The van der Waals surface area contributed by atoms with Crippen molar-refractivity contribution in [1.29, 1.82) is 0 Å². The summed E-state index contributed by atoms with van der Waals surface area (Å²) in [4.78, 5) is 0. The minimum atomic E-state index is 0.0982. The van der Waals surface area contributed by atoms with Crippen molar-refractivity contribution in [2.24, 2.45) is 13.0 Å². The van der Waals surface area contributed by atoms with Gasteiger partial charge in [-0.2, -0.15) is 5.10 Å². The molecule has 1 aromatic carbocycles. The molecule has 2 aromatic rings. The molecule has 0 spiro atoms. The number of aliphatic hydroxyl groups is 1. The molecular formula is C16H20Cl2N2O. The zero-order valence-corrected chi connectivity index (χ0v) is 13.8. The minimum Gasteiger partial charge on any atom is -0.396 e. The summed E-state index contributed by atoms with van der Waals surface area (Å²) in [6, 6.07) is 7.74. The van der Waals surface area contributed by atoms with Crippen LogP contribution < -0.4 is 0 Å². The third kappa shape index (κ3) is 4.00. The van der Waals surface area contributed by atoms with Gasteiger partial charge in [0.05, 0.1) is 16.4 Å². The number of halogens is 2. The summed E-state index contributed by atoms with van der Waals surface area (Å²) in [5.74, 6) is 0.0982. The standard InChI is InChI=1S/C16H20Cl2N2O/c1-3-14-16(18)15(20(2)19-14)9-12(10-21)7-11-5-4-6-13(17)8-11/h4-6,8,12,21H,3,7,9-10H2,1-2H3. The van der Waals surface area contributed by atoms with E-state index < -0.39 is 0 Å². The van der Waals surface area contributed by atoms with Crippen molar-refractivity contribution >= 4 is 23.2 Å². The van der Waals surface area contributed by atoms with Crippen LogP contribution in [-0.2, 0) is 26.3 Å². The van der Waals surface area contributed by atoms with Gasteiger partial charge in [0.15, 0.2) is 0 Å². The van der Waals surface area contributed by atoms with Gasteiger partial charge in [-0.25, -0.2) is 0 Å². The van der Waals surface area contributed by atoms with Gasteiger partial charge in [0, 0.05) is 18.7 Å². The lowest BCUT2D eigenvalue weighted by Crippen LogP contribution is -2.15. The van der Waals surface area contributed by atoms with Crippen LogP contribution in [0.5, 0.6) is 0 Å². The molecule has 1 aromatic heterocycles. The third-order valence-electron chi connectivity index (χ3n) is 3.66. The van der Waals surface area contributed by atoms with Crippen LogP contribution >= 0.6 is 23.2 Å². The zero-order valence-electron chi connectivity index (χ0n) is 12.3. The van der Waals surface area contributed by atoms with E-state index >= 15 is 0 Å². The van der Waals surface area contributed by atoms with Crippen LogP contribution in [0.25, 0.3) is 0 Å². The normalized spacial score (nSPS) is 12.6. The first-order valence-corrected chi connectivity index (χ1v) is 7.86. The molecule has 0 aliphatic carbocycles. The molecule has 21 heavy (non-hydrogen) atoms. The van der Waals surface area contributed by atoms with E-state index in [9.17, 15) is 5.11 Å². The van der Waals surface area contributed by atoms with Gasteiger partial charge >= 0.3 is 0 Å². The summed E-state index contributed by atoms with van der Waals surface area (Å²) in [5, 5.41) is 15.5. The predicted octanol–water partition coefficient (Wildman–Crippen LogP) is 3.68. The smallest absolute Gasteiger partial charge is 0.0849 e. The maximum absolute atomic E-state index is 9.66. The van der Waals surface area contributed by atoms with Gasteiger partial charge in [0.2, 0.25) is 0 Å². The van der Waals surface area contributed by atoms with E-state index in [2.05, 4.69) is 5.10 Å². The molecule has 3 nitrogen and oxygen atoms in total. The molecule has 0 aliphatic rings. The Morgan fingerprint density at radius 3 is 2.62 bits per heavy atom. The molecule has 2 rings (SSSR count). The Bertz CT molecular complexity index is 610. The molecule has 0 saturated carbocycles. The highest BCUT2D eigenvalue weighted by molar-refractivity contribution is 6.32. The van der Waals surface area contributed by atoms with Crippen LogP contribution in [0.4, 0.5) is 0 Å². The molecule has 0 amide bonds. The second-order valence-corrected chi connectivity index (χ2v) is 6.09. The van der Waals surface area contributed by atoms with Crippen molar-refractivity contribution in [3.05, 3.63) is 51.3 Å². The number of hydrogen-bond donors (Lipinski definition) is 1. The van der Waals surface area contributed by atoms with Crippen LogP contribution in [0.3, 0.4) is 0 Å². The molecule has 0 aliphatic heterocycles. The minimum absolute atomic E-state index is 0.0982. The average molecular weight is 327 g/mol. The molecular weight excluding hydrogens is 307 g/mol. The molecule has 1 N–H and O–H groups in total.